The first kappa shape index (κ1) is 23.7. The van der Waals surface area contributed by atoms with Crippen LogP contribution in [0.4, 0.5) is 0 Å². The maximum Gasteiger partial charge on any atom is 0.332 e. The molecule has 1 aliphatic heterocycles. The first-order valence-corrected chi connectivity index (χ1v) is 11.5. The van der Waals surface area contributed by atoms with E-state index in [0.717, 1.165) is 30.5 Å². The van der Waals surface area contributed by atoms with E-state index < -0.39 is 0 Å². The molecule has 1 N–H and O–H groups in total. The van der Waals surface area contributed by atoms with Crippen LogP contribution in [0, 0.1) is 0 Å². The normalized spacial score (nSPS) is 14.8. The number of rotatable bonds is 4. The number of ether oxygens (including phenoxy) is 1. The Morgan fingerprint density at radius 3 is 2.00 bits per heavy atom. The van der Waals surface area contributed by atoms with Crippen molar-refractivity contribution in [3.63, 3.8) is 0 Å². The Hall–Kier alpha value is -3.49. The number of benzene rings is 2. The Labute approximate surface area is 198 Å². The summed E-state index contributed by atoms with van der Waals surface area (Å²) < 4.78 is 8.85. The third kappa shape index (κ3) is 5.18. The van der Waals surface area contributed by atoms with E-state index in [0.29, 0.717) is 17.3 Å². The average Bonchev–Trinajstić information content (AvgIpc) is 3.38. The van der Waals surface area contributed by atoms with Crippen molar-refractivity contribution in [1.82, 2.24) is 24.0 Å². The largest absolute Gasteiger partial charge is 0.365 e. The van der Waals surface area contributed by atoms with Crippen LogP contribution in [0.3, 0.4) is 0 Å². The summed E-state index contributed by atoms with van der Waals surface area (Å²) in [5.41, 5.74) is 2.49. The molecule has 0 radical (unpaired) electrons. The van der Waals surface area contributed by atoms with Crippen LogP contribution in [0.1, 0.15) is 30.1 Å². The second kappa shape index (κ2) is 10.6. The average molecular weight is 462 g/mol. The highest BCUT2D eigenvalue weighted by Gasteiger charge is 2.23. The number of aromatic nitrogens is 4. The van der Waals surface area contributed by atoms with Crippen molar-refractivity contribution in [3.05, 3.63) is 99.0 Å². The van der Waals surface area contributed by atoms with Crippen LogP contribution in [-0.2, 0) is 18.8 Å². The van der Waals surface area contributed by atoms with Crippen LogP contribution in [-0.4, -0.2) is 50.2 Å². The smallest absolute Gasteiger partial charge is 0.332 e. The molecule has 34 heavy (non-hydrogen) atoms. The van der Waals surface area contributed by atoms with E-state index in [2.05, 4.69) is 82.6 Å². The van der Waals surface area contributed by atoms with Gasteiger partial charge in [-0.3, -0.25) is 13.9 Å². The summed E-state index contributed by atoms with van der Waals surface area (Å²) in [6.07, 6.45) is 4.03. The number of piperidine rings is 1. The Balaban J connectivity index is 0.000000180. The zero-order valence-electron chi connectivity index (χ0n) is 19.8. The number of hydrogen-bond acceptors (Lipinski definition) is 5. The van der Waals surface area contributed by atoms with E-state index in [-0.39, 0.29) is 17.4 Å². The molecule has 1 fully saturated rings. The van der Waals surface area contributed by atoms with Gasteiger partial charge in [0.2, 0.25) is 0 Å². The highest BCUT2D eigenvalue weighted by atomic mass is 16.5. The second-order valence-electron chi connectivity index (χ2n) is 8.65. The molecule has 5 rings (SSSR count). The fraction of sp³-hybridized carbons (Fsp3) is 0.346. The Kier molecular flexibility index (Phi) is 7.40. The van der Waals surface area contributed by atoms with Crippen molar-refractivity contribution in [1.29, 1.82) is 0 Å². The van der Waals surface area contributed by atoms with Gasteiger partial charge >= 0.3 is 5.69 Å². The maximum absolute atomic E-state index is 11.4. The number of hydrogen-bond donors (Lipinski definition) is 1. The van der Waals surface area contributed by atoms with E-state index in [1.54, 1.807) is 7.05 Å². The summed E-state index contributed by atoms with van der Waals surface area (Å²) >= 11 is 0. The molecule has 0 atom stereocenters. The molecule has 1 saturated heterocycles. The molecule has 178 valence electrons. The molecule has 0 aliphatic carbocycles. The molecule has 0 spiro atoms. The summed E-state index contributed by atoms with van der Waals surface area (Å²) in [5.74, 6) is 0. The molecule has 8 nitrogen and oxygen atoms in total. The van der Waals surface area contributed by atoms with Gasteiger partial charge in [-0.15, -0.1) is 0 Å². The number of aromatic amines is 1. The third-order valence-electron chi connectivity index (χ3n) is 6.23. The van der Waals surface area contributed by atoms with E-state index >= 15 is 0 Å². The van der Waals surface area contributed by atoms with Crippen molar-refractivity contribution in [3.8, 4) is 0 Å². The molecule has 0 bridgehead atoms. The van der Waals surface area contributed by atoms with E-state index in [9.17, 15) is 9.59 Å². The summed E-state index contributed by atoms with van der Waals surface area (Å²) in [5, 5.41) is 0. The standard InChI is InChI=1S/C19H23NO.C7H8N4O2/c1-20-14-12-18(13-15-20)21-19(16-8-4-2-5-9-16)17-10-6-3-7-11-17;1-10-5-4(8-3-9-5)6(12)11(2)7(10)13/h2-11,18-19H,12-15H2,1H3;3H,1-2H3,(H,8,9). The van der Waals surface area contributed by atoms with Gasteiger partial charge in [-0.1, -0.05) is 60.7 Å². The highest BCUT2D eigenvalue weighted by Crippen LogP contribution is 2.29. The lowest BCUT2D eigenvalue weighted by atomic mass is 10.00. The first-order chi connectivity index (χ1) is 16.5. The quantitative estimate of drug-likeness (QED) is 0.505. The minimum Gasteiger partial charge on any atom is -0.365 e. The number of fused-ring (bicyclic) bond motifs is 1. The minimum absolute atomic E-state index is 0.0424. The van der Waals surface area contributed by atoms with Crippen molar-refractivity contribution in [2.75, 3.05) is 20.1 Å². The zero-order chi connectivity index (χ0) is 24.1. The Morgan fingerprint density at radius 2 is 1.44 bits per heavy atom. The van der Waals surface area contributed by atoms with E-state index in [1.807, 2.05) is 0 Å². The molecule has 0 amide bonds. The molecule has 3 heterocycles. The third-order valence-corrected chi connectivity index (χ3v) is 6.23. The van der Waals surface area contributed by atoms with Crippen molar-refractivity contribution in [2.45, 2.75) is 25.0 Å². The van der Waals surface area contributed by atoms with Gasteiger partial charge in [-0.2, -0.15) is 0 Å². The molecule has 0 unspecified atom stereocenters. The lowest BCUT2D eigenvalue weighted by molar-refractivity contribution is -0.0234. The Morgan fingerprint density at radius 1 is 0.882 bits per heavy atom. The van der Waals surface area contributed by atoms with Crippen LogP contribution in [0.15, 0.2) is 76.6 Å². The molecule has 4 aromatic rings. The predicted octanol–water partition coefficient (Wildman–Crippen LogP) is 2.85. The summed E-state index contributed by atoms with van der Waals surface area (Å²) in [6, 6.07) is 21.1. The Bertz CT molecular complexity index is 1280. The molecule has 2 aromatic carbocycles. The predicted molar refractivity (Wildman–Crippen MR) is 133 cm³/mol. The lowest BCUT2D eigenvalue weighted by Crippen LogP contribution is -2.36. The van der Waals surface area contributed by atoms with Gasteiger partial charge in [-0.25, -0.2) is 9.78 Å². The molecular formula is C26H31N5O3. The van der Waals surface area contributed by atoms with Crippen LogP contribution >= 0.6 is 0 Å². The zero-order valence-corrected chi connectivity index (χ0v) is 19.8. The minimum atomic E-state index is -0.371. The van der Waals surface area contributed by atoms with Gasteiger partial charge < -0.3 is 14.6 Å². The summed E-state index contributed by atoms with van der Waals surface area (Å²) in [6.45, 7) is 2.25. The number of imidazole rings is 1. The SMILES string of the molecule is CN1CCC(OC(c2ccccc2)c2ccccc2)CC1.Cn1c(=O)c2[nH]cnc2n(C)c1=O. The molecule has 8 heteroatoms. The van der Waals surface area contributed by atoms with Crippen LogP contribution in [0.25, 0.3) is 11.2 Å². The molecule has 1 aliphatic rings. The van der Waals surface area contributed by atoms with Crippen LogP contribution < -0.4 is 11.2 Å². The highest BCUT2D eigenvalue weighted by molar-refractivity contribution is 5.68. The van der Waals surface area contributed by atoms with Crippen LogP contribution in [0.2, 0.25) is 0 Å². The van der Waals surface area contributed by atoms with E-state index in [4.69, 9.17) is 4.74 Å². The number of nitrogens with zero attached hydrogens (tertiary/aromatic N) is 4. The molecular weight excluding hydrogens is 430 g/mol. The van der Waals surface area contributed by atoms with Gasteiger partial charge in [0.1, 0.15) is 11.6 Å². The number of nitrogens with one attached hydrogen (secondary N) is 1. The fourth-order valence-electron chi connectivity index (χ4n) is 4.19. The second-order valence-corrected chi connectivity index (χ2v) is 8.65. The molecule has 0 saturated carbocycles. The van der Waals surface area contributed by atoms with Gasteiger partial charge in [-0.05, 0) is 31.0 Å². The van der Waals surface area contributed by atoms with Gasteiger partial charge in [0.25, 0.3) is 5.56 Å². The van der Waals surface area contributed by atoms with Gasteiger partial charge in [0.15, 0.2) is 5.65 Å². The summed E-state index contributed by atoms with van der Waals surface area (Å²) in [4.78, 5) is 31.8. The lowest BCUT2D eigenvalue weighted by Gasteiger charge is -2.32. The van der Waals surface area contributed by atoms with Crippen molar-refractivity contribution < 1.29 is 4.74 Å². The topological polar surface area (TPSA) is 85.2 Å². The van der Waals surface area contributed by atoms with Crippen molar-refractivity contribution in [2.24, 2.45) is 14.1 Å². The summed E-state index contributed by atoms with van der Waals surface area (Å²) in [7, 11) is 5.19. The first-order valence-electron chi connectivity index (χ1n) is 11.5. The molecule has 2 aromatic heterocycles. The monoisotopic (exact) mass is 461 g/mol. The van der Waals surface area contributed by atoms with Crippen LogP contribution in [0.5, 0.6) is 0 Å². The van der Waals surface area contributed by atoms with Gasteiger partial charge in [0.05, 0.1) is 12.4 Å². The number of likely N-dealkylation sites (tertiary alicyclic amines) is 1. The number of aryl methyl sites for hydroxylation is 1. The van der Waals surface area contributed by atoms with Gasteiger partial charge in [0, 0.05) is 27.2 Å². The van der Waals surface area contributed by atoms with E-state index in [1.165, 1.54) is 29.1 Å². The van der Waals surface area contributed by atoms with Crippen molar-refractivity contribution >= 4 is 11.2 Å². The fourth-order valence-corrected chi connectivity index (χ4v) is 4.19. The number of H-pyrrole nitrogens is 1. The maximum atomic E-state index is 11.4.